The van der Waals surface area contributed by atoms with Gasteiger partial charge in [0, 0.05) is 35.5 Å². The fraction of sp³-hybridized carbons (Fsp3) is 0.750. The van der Waals surface area contributed by atoms with E-state index in [1.165, 1.54) is 0 Å². The van der Waals surface area contributed by atoms with Crippen molar-refractivity contribution in [3.05, 3.63) is 34.7 Å². The molecule has 4 heteroatoms. The molecule has 4 nitrogen and oxygen atoms in total. The van der Waals surface area contributed by atoms with Crippen LogP contribution >= 0.6 is 0 Å². The van der Waals surface area contributed by atoms with Crippen LogP contribution < -0.4 is 0 Å². The largest absolute Gasteiger partial charge is 0.445 e. The van der Waals surface area contributed by atoms with Crippen LogP contribution in [0.1, 0.15) is 152 Å². The Balaban J connectivity index is 2.16. The minimum absolute atomic E-state index is 0.315. The standard InChI is InChI=1S/C24H40N2O2/c1-13(2)21-19(25-23(27-21)15(5)6)17(9)11-12-18(10)20-22(14(3)4)28-24(26-20)16(7)8/h13-18H,11-12H2,1-10H3. The molecule has 0 amide bonds. The third-order valence-corrected chi connectivity index (χ3v) is 5.40. The number of oxazole rings is 2. The second kappa shape index (κ2) is 9.28. The van der Waals surface area contributed by atoms with Crippen molar-refractivity contribution in [3.63, 3.8) is 0 Å². The van der Waals surface area contributed by atoms with Gasteiger partial charge in [0.2, 0.25) is 0 Å². The van der Waals surface area contributed by atoms with E-state index in [9.17, 15) is 0 Å². The van der Waals surface area contributed by atoms with Crippen molar-refractivity contribution in [1.29, 1.82) is 0 Å². The number of aromatic nitrogens is 2. The van der Waals surface area contributed by atoms with E-state index in [0.717, 1.165) is 47.5 Å². The monoisotopic (exact) mass is 388 g/mol. The maximum atomic E-state index is 6.09. The summed E-state index contributed by atoms with van der Waals surface area (Å²) in [5, 5.41) is 0. The second-order valence-corrected chi connectivity index (χ2v) is 9.60. The predicted octanol–water partition coefficient (Wildman–Crippen LogP) is 7.84. The molecule has 28 heavy (non-hydrogen) atoms. The zero-order valence-electron chi connectivity index (χ0n) is 19.6. The van der Waals surface area contributed by atoms with E-state index < -0.39 is 0 Å². The first-order valence-electron chi connectivity index (χ1n) is 11.0. The summed E-state index contributed by atoms with van der Waals surface area (Å²) in [6.07, 6.45) is 2.12. The molecule has 0 aromatic carbocycles. The number of hydrogen-bond donors (Lipinski definition) is 0. The third kappa shape index (κ3) is 5.07. The lowest BCUT2D eigenvalue weighted by molar-refractivity contribution is 0.417. The Hall–Kier alpha value is -1.58. The molecule has 2 atom stereocenters. The van der Waals surface area contributed by atoms with Gasteiger partial charge >= 0.3 is 0 Å². The Labute approximate surface area is 171 Å². The highest BCUT2D eigenvalue weighted by atomic mass is 16.4. The van der Waals surface area contributed by atoms with Crippen LogP contribution in [0.25, 0.3) is 0 Å². The number of hydrogen-bond acceptors (Lipinski definition) is 4. The van der Waals surface area contributed by atoms with Crippen LogP contribution in [-0.2, 0) is 0 Å². The van der Waals surface area contributed by atoms with Crippen molar-refractivity contribution in [2.24, 2.45) is 0 Å². The maximum Gasteiger partial charge on any atom is 0.197 e. The van der Waals surface area contributed by atoms with E-state index in [4.69, 9.17) is 18.8 Å². The third-order valence-electron chi connectivity index (χ3n) is 5.40. The summed E-state index contributed by atoms with van der Waals surface area (Å²) in [4.78, 5) is 9.71. The van der Waals surface area contributed by atoms with E-state index in [1.807, 2.05) is 0 Å². The van der Waals surface area contributed by atoms with Gasteiger partial charge in [0.05, 0.1) is 11.4 Å². The lowest BCUT2D eigenvalue weighted by Gasteiger charge is -2.16. The molecule has 0 bridgehead atoms. The normalized spacial score (nSPS) is 14.6. The van der Waals surface area contributed by atoms with E-state index in [2.05, 4.69) is 69.2 Å². The fourth-order valence-corrected chi connectivity index (χ4v) is 3.52. The highest BCUT2D eigenvalue weighted by Crippen LogP contribution is 2.36. The number of nitrogens with zero attached hydrogens (tertiary/aromatic N) is 2. The second-order valence-electron chi connectivity index (χ2n) is 9.60. The van der Waals surface area contributed by atoms with Gasteiger partial charge in [-0.3, -0.25) is 0 Å². The molecular formula is C24H40N2O2. The summed E-state index contributed by atoms with van der Waals surface area (Å²) >= 11 is 0. The molecule has 2 heterocycles. The first kappa shape index (κ1) is 22.7. The topological polar surface area (TPSA) is 52.1 Å². The van der Waals surface area contributed by atoms with Crippen molar-refractivity contribution < 1.29 is 8.83 Å². The Morgan fingerprint density at radius 2 is 0.857 bits per heavy atom. The summed E-state index contributed by atoms with van der Waals surface area (Å²) in [7, 11) is 0. The molecule has 0 saturated heterocycles. The van der Waals surface area contributed by atoms with Crippen molar-refractivity contribution in [1.82, 2.24) is 9.97 Å². The fourth-order valence-electron chi connectivity index (χ4n) is 3.52. The summed E-state index contributed by atoms with van der Waals surface area (Å²) < 4.78 is 12.2. The van der Waals surface area contributed by atoms with Crippen molar-refractivity contribution in [2.45, 2.75) is 118 Å². The molecule has 0 aliphatic carbocycles. The predicted molar refractivity (Wildman–Crippen MR) is 115 cm³/mol. The van der Waals surface area contributed by atoms with Gasteiger partial charge < -0.3 is 8.83 Å². The van der Waals surface area contributed by atoms with Gasteiger partial charge in [0.25, 0.3) is 0 Å². The molecule has 0 spiro atoms. The minimum Gasteiger partial charge on any atom is -0.445 e. The van der Waals surface area contributed by atoms with Crippen LogP contribution in [0, 0.1) is 0 Å². The molecule has 2 unspecified atom stereocenters. The summed E-state index contributed by atoms with van der Waals surface area (Å²) in [6.45, 7) is 21.8. The zero-order valence-corrected chi connectivity index (χ0v) is 19.6. The Morgan fingerprint density at radius 1 is 0.536 bits per heavy atom. The zero-order chi connectivity index (χ0) is 21.2. The molecule has 0 fully saturated rings. The lowest BCUT2D eigenvalue weighted by atomic mass is 9.90. The summed E-state index contributed by atoms with van der Waals surface area (Å²) in [5.41, 5.74) is 2.27. The smallest absolute Gasteiger partial charge is 0.197 e. The Kier molecular flexibility index (Phi) is 7.52. The van der Waals surface area contributed by atoms with Crippen molar-refractivity contribution >= 4 is 0 Å². The molecule has 0 saturated carbocycles. The van der Waals surface area contributed by atoms with Crippen molar-refractivity contribution in [2.75, 3.05) is 0 Å². The first-order chi connectivity index (χ1) is 13.0. The molecule has 0 aliphatic rings. The van der Waals surface area contributed by atoms with Crippen LogP contribution in [0.15, 0.2) is 8.83 Å². The van der Waals surface area contributed by atoms with Gasteiger partial charge in [-0.25, -0.2) is 9.97 Å². The van der Waals surface area contributed by atoms with Gasteiger partial charge in [-0.2, -0.15) is 0 Å². The van der Waals surface area contributed by atoms with Gasteiger partial charge in [-0.15, -0.1) is 0 Å². The molecule has 2 aromatic rings. The SMILES string of the molecule is CC(C)c1nc(C(C)CCC(C)c2nc(C(C)C)oc2C(C)C)c(C(C)C)o1. The van der Waals surface area contributed by atoms with Gasteiger partial charge in [-0.1, -0.05) is 69.2 Å². The molecule has 2 aromatic heterocycles. The summed E-state index contributed by atoms with van der Waals surface area (Å²) in [6, 6.07) is 0. The number of rotatable bonds is 9. The van der Waals surface area contributed by atoms with Crippen LogP contribution in [-0.4, -0.2) is 9.97 Å². The average molecular weight is 389 g/mol. The molecule has 0 N–H and O–H groups in total. The van der Waals surface area contributed by atoms with Crippen LogP contribution in [0.2, 0.25) is 0 Å². The summed E-state index contributed by atoms with van der Waals surface area (Å²) in [5.74, 6) is 5.90. The van der Waals surface area contributed by atoms with Gasteiger partial charge in [-0.05, 0) is 12.8 Å². The average Bonchev–Trinajstić information content (AvgIpc) is 3.24. The minimum atomic E-state index is 0.315. The molecule has 2 rings (SSSR count). The van der Waals surface area contributed by atoms with E-state index >= 15 is 0 Å². The van der Waals surface area contributed by atoms with Gasteiger partial charge in [0.15, 0.2) is 11.8 Å². The van der Waals surface area contributed by atoms with E-state index in [0.29, 0.717) is 35.5 Å². The molecule has 0 aliphatic heterocycles. The molecule has 0 radical (unpaired) electrons. The maximum absolute atomic E-state index is 6.09. The van der Waals surface area contributed by atoms with Gasteiger partial charge in [0.1, 0.15) is 11.5 Å². The molecular weight excluding hydrogens is 348 g/mol. The Bertz CT molecular complexity index is 688. The van der Waals surface area contributed by atoms with E-state index in [-0.39, 0.29) is 0 Å². The quantitative estimate of drug-likeness (QED) is 0.439. The Morgan fingerprint density at radius 3 is 1.11 bits per heavy atom. The van der Waals surface area contributed by atoms with E-state index in [1.54, 1.807) is 0 Å². The lowest BCUT2D eigenvalue weighted by Crippen LogP contribution is -2.05. The molecule has 158 valence electrons. The first-order valence-corrected chi connectivity index (χ1v) is 11.0. The highest BCUT2D eigenvalue weighted by Gasteiger charge is 2.25. The van der Waals surface area contributed by atoms with Crippen LogP contribution in [0.4, 0.5) is 0 Å². The van der Waals surface area contributed by atoms with Crippen molar-refractivity contribution in [3.8, 4) is 0 Å². The van der Waals surface area contributed by atoms with Crippen LogP contribution in [0.3, 0.4) is 0 Å². The van der Waals surface area contributed by atoms with Crippen LogP contribution in [0.5, 0.6) is 0 Å². The highest BCUT2D eigenvalue weighted by molar-refractivity contribution is 5.21.